The Morgan fingerprint density at radius 3 is 2.77 bits per heavy atom. The number of hydrogen-bond acceptors (Lipinski definition) is 7. The fraction of sp³-hybridized carbons (Fsp3) is 0.150. The van der Waals surface area contributed by atoms with E-state index < -0.39 is 6.03 Å². The minimum Gasteiger partial charge on any atom is -0.319 e. The SMILES string of the molecule is Cc1ccc(NC(=O)Nc2nnc(SCc3nc4ccccc4[nH]c3=O)s2)cc1C. The Morgan fingerprint density at radius 2 is 1.93 bits per heavy atom. The predicted molar refractivity (Wildman–Crippen MR) is 120 cm³/mol. The van der Waals surface area contributed by atoms with Gasteiger partial charge in [0, 0.05) is 11.4 Å². The molecule has 0 atom stereocenters. The van der Waals surface area contributed by atoms with Gasteiger partial charge in [0.25, 0.3) is 5.56 Å². The first-order chi connectivity index (χ1) is 14.5. The number of rotatable bonds is 5. The summed E-state index contributed by atoms with van der Waals surface area (Å²) in [6.45, 7) is 4.00. The summed E-state index contributed by atoms with van der Waals surface area (Å²) in [4.78, 5) is 31.6. The number of aromatic amines is 1. The molecular formula is C20H18N6O2S2. The largest absolute Gasteiger partial charge is 0.325 e. The van der Waals surface area contributed by atoms with Crippen molar-refractivity contribution in [2.75, 3.05) is 10.6 Å². The van der Waals surface area contributed by atoms with Crippen molar-refractivity contribution in [1.82, 2.24) is 20.2 Å². The lowest BCUT2D eigenvalue weighted by atomic mass is 10.1. The monoisotopic (exact) mass is 438 g/mol. The summed E-state index contributed by atoms with van der Waals surface area (Å²) >= 11 is 2.58. The number of hydrogen-bond donors (Lipinski definition) is 3. The molecule has 0 saturated heterocycles. The fourth-order valence-corrected chi connectivity index (χ4v) is 4.37. The first-order valence-electron chi connectivity index (χ1n) is 9.07. The van der Waals surface area contributed by atoms with Crippen LogP contribution in [-0.4, -0.2) is 26.2 Å². The molecule has 2 aromatic carbocycles. The molecule has 2 amide bonds. The van der Waals surface area contributed by atoms with Crippen LogP contribution in [-0.2, 0) is 5.75 Å². The fourth-order valence-electron chi connectivity index (χ4n) is 2.69. The number of thioether (sulfide) groups is 1. The van der Waals surface area contributed by atoms with E-state index in [1.165, 1.54) is 23.1 Å². The molecule has 30 heavy (non-hydrogen) atoms. The molecule has 0 aliphatic rings. The number of nitrogens with one attached hydrogen (secondary N) is 3. The van der Waals surface area contributed by atoms with E-state index in [1.807, 2.05) is 56.3 Å². The molecule has 0 radical (unpaired) electrons. The first-order valence-corrected chi connectivity index (χ1v) is 10.9. The molecule has 2 heterocycles. The maximum atomic E-state index is 12.2. The van der Waals surface area contributed by atoms with Crippen LogP contribution in [0.5, 0.6) is 0 Å². The Morgan fingerprint density at radius 1 is 1.10 bits per heavy atom. The van der Waals surface area contributed by atoms with Gasteiger partial charge in [-0.2, -0.15) is 0 Å². The van der Waals surface area contributed by atoms with Gasteiger partial charge in [-0.05, 0) is 49.2 Å². The van der Waals surface area contributed by atoms with E-state index in [4.69, 9.17) is 0 Å². The average molecular weight is 439 g/mol. The number of urea groups is 1. The van der Waals surface area contributed by atoms with Crippen molar-refractivity contribution in [2.45, 2.75) is 23.9 Å². The Balaban J connectivity index is 1.37. The highest BCUT2D eigenvalue weighted by atomic mass is 32.2. The van der Waals surface area contributed by atoms with Crippen molar-refractivity contribution in [3.8, 4) is 0 Å². The molecule has 0 spiro atoms. The molecular weight excluding hydrogens is 420 g/mol. The van der Waals surface area contributed by atoms with Gasteiger partial charge in [-0.3, -0.25) is 10.1 Å². The molecule has 0 aliphatic heterocycles. The lowest BCUT2D eigenvalue weighted by Gasteiger charge is -2.07. The quantitative estimate of drug-likeness (QED) is 0.316. The summed E-state index contributed by atoms with van der Waals surface area (Å²) in [5.74, 6) is 0.351. The van der Waals surface area contributed by atoms with Crippen molar-refractivity contribution >= 4 is 51.0 Å². The molecule has 0 saturated carbocycles. The molecule has 0 unspecified atom stereocenters. The van der Waals surface area contributed by atoms with E-state index in [2.05, 4.69) is 30.8 Å². The molecule has 8 nitrogen and oxygen atoms in total. The average Bonchev–Trinajstić information content (AvgIpc) is 3.16. The van der Waals surface area contributed by atoms with Gasteiger partial charge in [0.05, 0.1) is 11.0 Å². The summed E-state index contributed by atoms with van der Waals surface area (Å²) in [5, 5.41) is 13.9. The zero-order valence-electron chi connectivity index (χ0n) is 16.2. The number of fused-ring (bicyclic) bond motifs is 1. The Bertz CT molecular complexity index is 1280. The van der Waals surface area contributed by atoms with Crippen molar-refractivity contribution < 1.29 is 4.79 Å². The minimum absolute atomic E-state index is 0.225. The zero-order chi connectivity index (χ0) is 21.1. The van der Waals surface area contributed by atoms with Crippen LogP contribution in [0.25, 0.3) is 11.0 Å². The maximum absolute atomic E-state index is 12.2. The van der Waals surface area contributed by atoms with Crippen LogP contribution >= 0.6 is 23.1 Å². The van der Waals surface area contributed by atoms with E-state index in [0.29, 0.717) is 32.1 Å². The van der Waals surface area contributed by atoms with E-state index in [9.17, 15) is 9.59 Å². The lowest BCUT2D eigenvalue weighted by molar-refractivity contribution is 0.262. The molecule has 0 aliphatic carbocycles. The van der Waals surface area contributed by atoms with Gasteiger partial charge < -0.3 is 10.3 Å². The Kier molecular flexibility index (Phi) is 5.77. The molecule has 10 heteroatoms. The van der Waals surface area contributed by atoms with Crippen LogP contribution in [0.3, 0.4) is 0 Å². The summed E-state index contributed by atoms with van der Waals surface area (Å²) < 4.78 is 0.630. The predicted octanol–water partition coefficient (Wildman–Crippen LogP) is 4.33. The third-order valence-electron chi connectivity index (χ3n) is 4.39. The highest BCUT2D eigenvalue weighted by Gasteiger charge is 2.11. The number of H-pyrrole nitrogens is 1. The highest BCUT2D eigenvalue weighted by Crippen LogP contribution is 2.27. The van der Waals surface area contributed by atoms with Crippen LogP contribution < -0.4 is 16.2 Å². The smallest absolute Gasteiger partial charge is 0.319 e. The number of anilines is 2. The third-order valence-corrected chi connectivity index (χ3v) is 6.38. The topological polar surface area (TPSA) is 113 Å². The Hall–Kier alpha value is -3.24. The lowest BCUT2D eigenvalue weighted by Crippen LogP contribution is -2.19. The van der Waals surface area contributed by atoms with Crippen LogP contribution in [0.2, 0.25) is 0 Å². The van der Waals surface area contributed by atoms with E-state index >= 15 is 0 Å². The standard InChI is InChI=1S/C20H18N6O2S2/c1-11-7-8-13(9-12(11)2)21-18(28)24-19-25-26-20(30-19)29-10-16-17(27)23-15-6-4-3-5-14(15)22-16/h3-9H,10H2,1-2H3,(H,23,27)(H2,21,24,25,28). The second-order valence-corrected chi connectivity index (χ2v) is 8.77. The summed E-state index contributed by atoms with van der Waals surface area (Å²) in [7, 11) is 0. The van der Waals surface area contributed by atoms with Crippen LogP contribution in [0.15, 0.2) is 51.6 Å². The Labute approximate surface area is 180 Å². The zero-order valence-corrected chi connectivity index (χ0v) is 17.9. The van der Waals surface area contributed by atoms with Gasteiger partial charge in [0.15, 0.2) is 4.34 Å². The van der Waals surface area contributed by atoms with Crippen molar-refractivity contribution in [2.24, 2.45) is 0 Å². The first kappa shape index (κ1) is 20.0. The van der Waals surface area contributed by atoms with Crippen LogP contribution in [0.1, 0.15) is 16.8 Å². The van der Waals surface area contributed by atoms with Crippen LogP contribution in [0, 0.1) is 13.8 Å². The van der Waals surface area contributed by atoms with Crippen molar-refractivity contribution in [3.63, 3.8) is 0 Å². The minimum atomic E-state index is -0.390. The summed E-state index contributed by atoms with van der Waals surface area (Å²) in [5.41, 5.74) is 4.58. The second kappa shape index (κ2) is 8.64. The van der Waals surface area contributed by atoms with Gasteiger partial charge in [-0.1, -0.05) is 41.3 Å². The van der Waals surface area contributed by atoms with Gasteiger partial charge >= 0.3 is 6.03 Å². The highest BCUT2D eigenvalue weighted by molar-refractivity contribution is 8.00. The molecule has 2 aromatic heterocycles. The van der Waals surface area contributed by atoms with E-state index in [0.717, 1.165) is 16.6 Å². The molecule has 152 valence electrons. The van der Waals surface area contributed by atoms with E-state index in [1.54, 1.807) is 0 Å². The number of para-hydroxylation sites is 2. The number of aromatic nitrogens is 4. The summed E-state index contributed by atoms with van der Waals surface area (Å²) in [6.07, 6.45) is 0. The number of carbonyl (C=O) groups excluding carboxylic acids is 1. The normalized spacial score (nSPS) is 10.9. The van der Waals surface area contributed by atoms with Gasteiger partial charge in [-0.15, -0.1) is 10.2 Å². The van der Waals surface area contributed by atoms with Crippen molar-refractivity contribution in [3.05, 3.63) is 69.6 Å². The number of carbonyl (C=O) groups is 1. The molecule has 4 aromatic rings. The molecule has 0 fully saturated rings. The maximum Gasteiger partial charge on any atom is 0.325 e. The van der Waals surface area contributed by atoms with Crippen molar-refractivity contribution in [1.29, 1.82) is 0 Å². The molecule has 0 bridgehead atoms. The number of benzene rings is 2. The third kappa shape index (κ3) is 4.66. The summed E-state index contributed by atoms with van der Waals surface area (Å²) in [6, 6.07) is 12.7. The molecule has 4 rings (SSSR count). The van der Waals surface area contributed by atoms with Gasteiger partial charge in [0.2, 0.25) is 5.13 Å². The second-order valence-electron chi connectivity index (χ2n) is 6.57. The van der Waals surface area contributed by atoms with Gasteiger partial charge in [-0.25, -0.2) is 9.78 Å². The van der Waals surface area contributed by atoms with Crippen LogP contribution in [0.4, 0.5) is 15.6 Å². The number of nitrogens with zero attached hydrogens (tertiary/aromatic N) is 3. The number of amides is 2. The molecule has 3 N–H and O–H groups in total. The number of aryl methyl sites for hydroxylation is 2. The van der Waals surface area contributed by atoms with E-state index in [-0.39, 0.29) is 5.56 Å². The van der Waals surface area contributed by atoms with Gasteiger partial charge in [0.1, 0.15) is 5.69 Å².